The summed E-state index contributed by atoms with van der Waals surface area (Å²) in [6.07, 6.45) is 8.10. The molecule has 0 atom stereocenters. The Bertz CT molecular complexity index is 2020. The van der Waals surface area contributed by atoms with Crippen molar-refractivity contribution in [3.05, 3.63) is 97.8 Å². The Morgan fingerprint density at radius 2 is 1.60 bits per heavy atom. The van der Waals surface area contributed by atoms with E-state index in [2.05, 4.69) is 51.1 Å². The molecule has 11 heteroatoms. The van der Waals surface area contributed by atoms with Gasteiger partial charge in [-0.15, -0.1) is 0 Å². The van der Waals surface area contributed by atoms with Crippen LogP contribution in [0.1, 0.15) is 69.5 Å². The molecule has 1 saturated heterocycles. The van der Waals surface area contributed by atoms with E-state index in [-0.39, 0.29) is 23.3 Å². The molecule has 3 N–H and O–H groups in total. The molecule has 266 valence electrons. The van der Waals surface area contributed by atoms with Gasteiger partial charge in [0.2, 0.25) is 5.91 Å². The van der Waals surface area contributed by atoms with E-state index < -0.39 is 0 Å². The number of halogens is 1. The van der Waals surface area contributed by atoms with Crippen molar-refractivity contribution in [3.8, 4) is 0 Å². The Hall–Kier alpha value is -4.12. The molecule has 2 aliphatic heterocycles. The van der Waals surface area contributed by atoms with E-state index in [0.29, 0.717) is 18.0 Å². The number of aromatic nitrogens is 4. The second-order valence-electron chi connectivity index (χ2n) is 13.6. The molecule has 2 aromatic heterocycles. The van der Waals surface area contributed by atoms with Crippen LogP contribution in [0.5, 0.6) is 0 Å². The van der Waals surface area contributed by atoms with Crippen LogP contribution in [0.4, 0.5) is 5.69 Å². The van der Waals surface area contributed by atoms with Crippen LogP contribution in [-0.2, 0) is 24.2 Å². The number of para-hydroxylation sites is 2. The molecule has 4 heterocycles. The first-order valence-electron chi connectivity index (χ1n) is 18.3. The highest BCUT2D eigenvalue weighted by molar-refractivity contribution is 6.31. The zero-order valence-electron chi connectivity index (χ0n) is 29.3. The fourth-order valence-electron chi connectivity index (χ4n) is 7.51. The SMILES string of the molecule is CCCCN(CCC)CCc1cccc2c1CC(=O)N2.O=c1[nH]c2ccccc2n1CCCN1CCC(n2c(=O)[nH]c3cc(Cl)ccc32)CC1. The summed E-state index contributed by atoms with van der Waals surface area (Å²) in [7, 11) is 0. The number of anilines is 1. The second-order valence-corrected chi connectivity index (χ2v) is 14.0. The van der Waals surface area contributed by atoms with Gasteiger partial charge in [-0.05, 0) is 106 Å². The van der Waals surface area contributed by atoms with Gasteiger partial charge in [0.25, 0.3) is 0 Å². The molecule has 0 bridgehead atoms. The van der Waals surface area contributed by atoms with Crippen LogP contribution >= 0.6 is 11.6 Å². The number of piperidine rings is 1. The van der Waals surface area contributed by atoms with Gasteiger partial charge in [-0.1, -0.05) is 56.1 Å². The molecule has 1 fully saturated rings. The summed E-state index contributed by atoms with van der Waals surface area (Å²) in [6.45, 7) is 11.5. The van der Waals surface area contributed by atoms with Crippen molar-refractivity contribution < 1.29 is 4.79 Å². The smallest absolute Gasteiger partial charge is 0.326 e. The fraction of sp³-hybridized carbons (Fsp3) is 0.462. The standard InChI is InChI=1S/C22H24ClN5O2.C17H26N2O/c23-15-6-7-20-18(14-15)25-22(30)28(20)16-8-12-26(13-9-16)10-3-11-27-19-5-2-1-4-17(19)24-21(27)29;1-3-5-11-19(10-4-2)12-9-14-7-6-8-16-15(14)13-17(20)18-16/h1-2,4-7,14,16H,3,8-13H2,(H,24,29)(H,25,30);6-8H,3-5,9-13H2,1-2H3,(H,18,20). The Morgan fingerprint density at radius 3 is 2.40 bits per heavy atom. The number of hydrogen-bond donors (Lipinski definition) is 3. The van der Waals surface area contributed by atoms with Crippen LogP contribution in [0, 0.1) is 0 Å². The molecule has 0 aliphatic carbocycles. The van der Waals surface area contributed by atoms with E-state index in [9.17, 15) is 14.4 Å². The fourth-order valence-corrected chi connectivity index (χ4v) is 7.68. The number of rotatable bonds is 13. The molecular weight excluding hydrogens is 650 g/mol. The number of amides is 1. The van der Waals surface area contributed by atoms with Crippen molar-refractivity contribution >= 4 is 45.3 Å². The van der Waals surface area contributed by atoms with Gasteiger partial charge in [-0.2, -0.15) is 0 Å². The number of unbranched alkanes of at least 4 members (excludes halogenated alkanes) is 1. The summed E-state index contributed by atoms with van der Waals surface area (Å²) in [5.41, 5.74) is 7.00. The third kappa shape index (κ3) is 8.42. The minimum Gasteiger partial charge on any atom is -0.326 e. The zero-order chi connectivity index (χ0) is 35.0. The maximum Gasteiger partial charge on any atom is 0.326 e. The van der Waals surface area contributed by atoms with Crippen molar-refractivity contribution in [1.82, 2.24) is 28.9 Å². The normalized spacial score (nSPS) is 15.1. The van der Waals surface area contributed by atoms with Crippen molar-refractivity contribution in [2.45, 2.75) is 77.8 Å². The van der Waals surface area contributed by atoms with E-state index in [0.717, 1.165) is 79.6 Å². The topological polar surface area (TPSA) is 111 Å². The van der Waals surface area contributed by atoms with Crippen LogP contribution in [0.25, 0.3) is 22.1 Å². The first-order chi connectivity index (χ1) is 24.3. The molecule has 10 nitrogen and oxygen atoms in total. The lowest BCUT2D eigenvalue weighted by atomic mass is 10.0. The van der Waals surface area contributed by atoms with Crippen molar-refractivity contribution in [2.75, 3.05) is 44.6 Å². The van der Waals surface area contributed by atoms with Crippen molar-refractivity contribution in [3.63, 3.8) is 0 Å². The van der Waals surface area contributed by atoms with Gasteiger partial charge in [0, 0.05) is 42.9 Å². The van der Waals surface area contributed by atoms with Gasteiger partial charge in [-0.3, -0.25) is 13.9 Å². The molecule has 0 unspecified atom stereocenters. The van der Waals surface area contributed by atoms with Crippen LogP contribution in [0.3, 0.4) is 0 Å². The van der Waals surface area contributed by atoms with Crippen LogP contribution in [-0.4, -0.2) is 74.1 Å². The average molecular weight is 700 g/mol. The molecule has 0 radical (unpaired) electrons. The van der Waals surface area contributed by atoms with Gasteiger partial charge in [0.15, 0.2) is 0 Å². The van der Waals surface area contributed by atoms with Gasteiger partial charge >= 0.3 is 11.4 Å². The quantitative estimate of drug-likeness (QED) is 0.129. The number of H-pyrrole nitrogens is 2. The Balaban J connectivity index is 0.000000189. The first kappa shape index (κ1) is 35.7. The largest absolute Gasteiger partial charge is 0.326 e. The average Bonchev–Trinajstić information content (AvgIpc) is 3.77. The minimum absolute atomic E-state index is 0.0475. The number of likely N-dealkylation sites (tertiary alicyclic amines) is 1. The Morgan fingerprint density at radius 1 is 0.800 bits per heavy atom. The number of nitrogens with zero attached hydrogens (tertiary/aromatic N) is 4. The molecule has 0 spiro atoms. The molecule has 5 aromatic rings. The van der Waals surface area contributed by atoms with Crippen LogP contribution in [0.2, 0.25) is 5.02 Å². The summed E-state index contributed by atoms with van der Waals surface area (Å²) < 4.78 is 3.70. The number of nitrogens with one attached hydrogen (secondary N) is 3. The lowest BCUT2D eigenvalue weighted by Gasteiger charge is -2.32. The van der Waals surface area contributed by atoms with E-state index in [1.165, 1.54) is 43.5 Å². The first-order valence-corrected chi connectivity index (χ1v) is 18.6. The number of benzene rings is 3. The van der Waals surface area contributed by atoms with Gasteiger partial charge < -0.3 is 25.1 Å². The molecular formula is C39H50ClN7O3. The number of aromatic amines is 2. The summed E-state index contributed by atoms with van der Waals surface area (Å²) >= 11 is 6.05. The van der Waals surface area contributed by atoms with Crippen molar-refractivity contribution in [2.24, 2.45) is 0 Å². The highest BCUT2D eigenvalue weighted by Crippen LogP contribution is 2.28. The predicted octanol–water partition coefficient (Wildman–Crippen LogP) is 6.59. The Kier molecular flexibility index (Phi) is 11.9. The summed E-state index contributed by atoms with van der Waals surface area (Å²) in [5, 5.41) is 3.56. The van der Waals surface area contributed by atoms with Crippen LogP contribution < -0.4 is 16.7 Å². The molecule has 0 saturated carbocycles. The Labute approximate surface area is 298 Å². The van der Waals surface area contributed by atoms with Crippen LogP contribution in [0.15, 0.2) is 70.3 Å². The number of carbonyl (C=O) groups is 1. The molecule has 2 aliphatic rings. The van der Waals surface area contributed by atoms with Gasteiger partial charge in [0.1, 0.15) is 0 Å². The predicted molar refractivity (Wildman–Crippen MR) is 204 cm³/mol. The number of fused-ring (bicyclic) bond motifs is 3. The molecule has 50 heavy (non-hydrogen) atoms. The second kappa shape index (κ2) is 16.7. The van der Waals surface area contributed by atoms with Crippen molar-refractivity contribution in [1.29, 1.82) is 0 Å². The maximum absolute atomic E-state index is 12.5. The minimum atomic E-state index is -0.0653. The van der Waals surface area contributed by atoms with Gasteiger partial charge in [-0.25, -0.2) is 9.59 Å². The molecule has 7 rings (SSSR count). The third-order valence-corrected chi connectivity index (χ3v) is 10.3. The third-order valence-electron chi connectivity index (χ3n) is 10.1. The van der Waals surface area contributed by atoms with E-state index in [1.54, 1.807) is 6.07 Å². The number of carbonyl (C=O) groups excluding carboxylic acids is 1. The lowest BCUT2D eigenvalue weighted by Crippen LogP contribution is -2.37. The summed E-state index contributed by atoms with van der Waals surface area (Å²) in [6, 6.07) is 19.8. The van der Waals surface area contributed by atoms with E-state index in [1.807, 2.05) is 51.6 Å². The summed E-state index contributed by atoms with van der Waals surface area (Å²) in [4.78, 5) is 47.0. The number of imidazole rings is 2. The lowest BCUT2D eigenvalue weighted by molar-refractivity contribution is -0.115. The highest BCUT2D eigenvalue weighted by atomic mass is 35.5. The van der Waals surface area contributed by atoms with E-state index in [4.69, 9.17) is 11.6 Å². The monoisotopic (exact) mass is 699 g/mol. The highest BCUT2D eigenvalue weighted by Gasteiger charge is 2.24. The molecule has 1 amide bonds. The maximum atomic E-state index is 12.5. The number of hydrogen-bond acceptors (Lipinski definition) is 5. The zero-order valence-corrected chi connectivity index (χ0v) is 30.1. The van der Waals surface area contributed by atoms with Gasteiger partial charge in [0.05, 0.1) is 28.5 Å². The van der Waals surface area contributed by atoms with E-state index >= 15 is 0 Å². The molecule has 3 aromatic carbocycles. The summed E-state index contributed by atoms with van der Waals surface area (Å²) in [5.74, 6) is 0.129. The number of aryl methyl sites for hydroxylation is 1.